The lowest BCUT2D eigenvalue weighted by Crippen LogP contribution is -2.11. The fraction of sp³-hybridized carbons (Fsp3) is 0.800. The average molecular weight is 165 g/mol. The largest absolute Gasteiger partial charge is 0.307 e. The topological polar surface area (TPSA) is 78.2 Å². The minimum absolute atomic E-state index is 0.134. The molecular weight excluding hydrogens is 154 g/mol. The van der Waals surface area contributed by atoms with Crippen LogP contribution >= 0.6 is 0 Å². The second kappa shape index (κ2) is 3.68. The molecule has 0 fully saturated rings. The Bertz CT molecular complexity index is 207. The van der Waals surface area contributed by atoms with E-state index in [1.807, 2.05) is 6.92 Å². The van der Waals surface area contributed by atoms with E-state index in [-0.39, 0.29) is 6.42 Å². The predicted molar refractivity (Wildman–Crippen MR) is 38.8 cm³/mol. The predicted octanol–water partition coefficient (Wildman–Crippen LogP) is 1.04. The van der Waals surface area contributed by atoms with Gasteiger partial charge in [-0.2, -0.15) is 8.42 Å². The molecule has 0 aliphatic rings. The molecule has 2 N–H and O–H groups in total. The lowest BCUT2D eigenvalue weighted by Gasteiger charge is -1.96. The molecule has 0 aromatic rings. The lowest BCUT2D eigenvalue weighted by molar-refractivity contribution is 0.496. The standard InChI is InChI=1S/C5H11NO3S/c1-2-3-4-5(6)10(7,8)9/h6H,2-4H2,1H3,(H,7,8,9). The second-order valence-electron chi connectivity index (χ2n) is 2.00. The van der Waals surface area contributed by atoms with Crippen molar-refractivity contribution in [2.75, 3.05) is 0 Å². The van der Waals surface area contributed by atoms with Crippen molar-refractivity contribution in [3.63, 3.8) is 0 Å². The first-order chi connectivity index (χ1) is 4.48. The number of hydrogen-bond donors (Lipinski definition) is 2. The van der Waals surface area contributed by atoms with Crippen molar-refractivity contribution in [3.8, 4) is 0 Å². The molecule has 0 spiro atoms. The Hall–Kier alpha value is -0.420. The number of rotatable bonds is 3. The molecule has 10 heavy (non-hydrogen) atoms. The first kappa shape index (κ1) is 9.58. The average Bonchev–Trinajstić information content (AvgIpc) is 1.80. The maximum absolute atomic E-state index is 10.2. The van der Waals surface area contributed by atoms with E-state index in [0.29, 0.717) is 6.42 Å². The van der Waals surface area contributed by atoms with Crippen molar-refractivity contribution in [2.45, 2.75) is 26.2 Å². The van der Waals surface area contributed by atoms with Gasteiger partial charge in [-0.1, -0.05) is 13.3 Å². The molecule has 0 aliphatic heterocycles. The Morgan fingerprint density at radius 1 is 1.60 bits per heavy atom. The van der Waals surface area contributed by atoms with Crippen LogP contribution in [-0.2, 0) is 10.1 Å². The van der Waals surface area contributed by atoms with Gasteiger partial charge in [-0.05, 0) is 6.42 Å². The molecule has 0 aliphatic carbocycles. The van der Waals surface area contributed by atoms with Crippen molar-refractivity contribution < 1.29 is 13.0 Å². The van der Waals surface area contributed by atoms with Crippen LogP contribution in [0, 0.1) is 5.41 Å². The third-order valence-electron chi connectivity index (χ3n) is 1.07. The highest BCUT2D eigenvalue weighted by Gasteiger charge is 2.11. The molecule has 0 saturated carbocycles. The molecule has 0 unspecified atom stereocenters. The zero-order valence-corrected chi connectivity index (χ0v) is 6.61. The van der Waals surface area contributed by atoms with Crippen LogP contribution < -0.4 is 0 Å². The Balaban J connectivity index is 3.88. The quantitative estimate of drug-likeness (QED) is 0.372. The van der Waals surface area contributed by atoms with E-state index in [0.717, 1.165) is 6.42 Å². The molecule has 0 aromatic heterocycles. The van der Waals surface area contributed by atoms with E-state index in [1.54, 1.807) is 0 Å². The van der Waals surface area contributed by atoms with Crippen LogP contribution in [0.5, 0.6) is 0 Å². The molecule has 0 amide bonds. The van der Waals surface area contributed by atoms with Gasteiger partial charge < -0.3 is 0 Å². The fourth-order valence-electron chi connectivity index (χ4n) is 0.466. The van der Waals surface area contributed by atoms with Crippen LogP contribution in [0.15, 0.2) is 0 Å². The lowest BCUT2D eigenvalue weighted by atomic mass is 10.3. The van der Waals surface area contributed by atoms with E-state index in [1.165, 1.54) is 0 Å². The highest BCUT2D eigenvalue weighted by atomic mass is 32.2. The first-order valence-corrected chi connectivity index (χ1v) is 4.47. The first-order valence-electron chi connectivity index (χ1n) is 3.03. The summed E-state index contributed by atoms with van der Waals surface area (Å²) in [7, 11) is -4.19. The number of nitrogens with one attached hydrogen (secondary N) is 1. The molecule has 0 aromatic carbocycles. The molecule has 0 saturated heterocycles. The molecule has 0 heterocycles. The van der Waals surface area contributed by atoms with E-state index in [4.69, 9.17) is 9.96 Å². The van der Waals surface area contributed by atoms with Gasteiger partial charge in [0.15, 0.2) is 5.04 Å². The Morgan fingerprint density at radius 3 is 2.40 bits per heavy atom. The van der Waals surface area contributed by atoms with E-state index in [2.05, 4.69) is 0 Å². The summed E-state index contributed by atoms with van der Waals surface area (Å²) in [6, 6.07) is 0. The van der Waals surface area contributed by atoms with Crippen LogP contribution in [0.25, 0.3) is 0 Å². The van der Waals surface area contributed by atoms with Crippen molar-refractivity contribution in [1.29, 1.82) is 5.41 Å². The number of unbranched alkanes of at least 4 members (excludes halogenated alkanes) is 1. The van der Waals surface area contributed by atoms with Crippen molar-refractivity contribution in [3.05, 3.63) is 0 Å². The summed E-state index contributed by atoms with van der Waals surface area (Å²) in [4.78, 5) is 0. The van der Waals surface area contributed by atoms with Gasteiger partial charge in [-0.15, -0.1) is 0 Å². The fourth-order valence-corrected chi connectivity index (χ4v) is 0.869. The maximum atomic E-state index is 10.2. The molecule has 5 heteroatoms. The monoisotopic (exact) mass is 165 g/mol. The summed E-state index contributed by atoms with van der Waals surface area (Å²) in [5.74, 6) is 0. The van der Waals surface area contributed by atoms with Crippen LogP contribution in [-0.4, -0.2) is 18.0 Å². The molecular formula is C5H11NO3S. The van der Waals surface area contributed by atoms with Crippen LogP contribution in [0.2, 0.25) is 0 Å². The molecule has 0 radical (unpaired) electrons. The van der Waals surface area contributed by atoms with Gasteiger partial charge in [0.25, 0.3) is 0 Å². The number of hydrogen-bond acceptors (Lipinski definition) is 3. The summed E-state index contributed by atoms with van der Waals surface area (Å²) < 4.78 is 28.6. The molecule has 0 rings (SSSR count). The van der Waals surface area contributed by atoms with Gasteiger partial charge in [0.1, 0.15) is 0 Å². The van der Waals surface area contributed by atoms with Crippen molar-refractivity contribution in [1.82, 2.24) is 0 Å². The summed E-state index contributed by atoms with van der Waals surface area (Å²) in [6.45, 7) is 1.89. The summed E-state index contributed by atoms with van der Waals surface area (Å²) in [6.07, 6.45) is 1.58. The highest BCUT2D eigenvalue weighted by Crippen LogP contribution is 1.99. The van der Waals surface area contributed by atoms with Gasteiger partial charge in [-0.25, -0.2) is 0 Å². The minimum atomic E-state index is -4.19. The van der Waals surface area contributed by atoms with Gasteiger partial charge in [0, 0.05) is 6.42 Å². The Labute approximate surface area is 60.5 Å². The molecule has 0 atom stereocenters. The summed E-state index contributed by atoms with van der Waals surface area (Å²) in [5, 5.41) is 6.22. The molecule has 4 nitrogen and oxygen atoms in total. The van der Waals surface area contributed by atoms with Crippen molar-refractivity contribution in [2.24, 2.45) is 0 Å². The second-order valence-corrected chi connectivity index (χ2v) is 3.44. The van der Waals surface area contributed by atoms with E-state index >= 15 is 0 Å². The SMILES string of the molecule is CCCCC(=N)S(=O)(=O)O. The Morgan fingerprint density at radius 2 is 2.10 bits per heavy atom. The third-order valence-corrected chi connectivity index (χ3v) is 1.90. The van der Waals surface area contributed by atoms with Gasteiger partial charge in [0.05, 0.1) is 0 Å². The Kier molecular flexibility index (Phi) is 3.52. The normalized spacial score (nSPS) is 11.4. The molecule has 0 bridgehead atoms. The third kappa shape index (κ3) is 3.58. The zero-order chi connectivity index (χ0) is 8.20. The van der Waals surface area contributed by atoms with Gasteiger partial charge in [-0.3, -0.25) is 9.96 Å². The van der Waals surface area contributed by atoms with Gasteiger partial charge in [0.2, 0.25) is 0 Å². The zero-order valence-electron chi connectivity index (χ0n) is 5.79. The van der Waals surface area contributed by atoms with E-state index in [9.17, 15) is 8.42 Å². The molecule has 60 valence electrons. The van der Waals surface area contributed by atoms with Crippen LogP contribution in [0.1, 0.15) is 26.2 Å². The van der Waals surface area contributed by atoms with Gasteiger partial charge >= 0.3 is 10.1 Å². The summed E-state index contributed by atoms with van der Waals surface area (Å²) in [5.41, 5.74) is 0. The smallest absolute Gasteiger partial charge is 0.292 e. The maximum Gasteiger partial charge on any atom is 0.307 e. The van der Waals surface area contributed by atoms with E-state index < -0.39 is 15.2 Å². The minimum Gasteiger partial charge on any atom is -0.292 e. The van der Waals surface area contributed by atoms with Crippen LogP contribution in [0.3, 0.4) is 0 Å². The highest BCUT2D eigenvalue weighted by molar-refractivity contribution is 8.01. The van der Waals surface area contributed by atoms with Crippen LogP contribution in [0.4, 0.5) is 0 Å². The summed E-state index contributed by atoms with van der Waals surface area (Å²) >= 11 is 0. The van der Waals surface area contributed by atoms with Crippen molar-refractivity contribution >= 4 is 15.2 Å².